The maximum atomic E-state index is 12.5. The molecule has 0 unspecified atom stereocenters. The molecule has 3 aromatic heterocycles. The van der Waals surface area contributed by atoms with Gasteiger partial charge in [0.05, 0.1) is 17.9 Å². The number of carbonyl (C=O) groups is 1. The van der Waals surface area contributed by atoms with E-state index in [4.69, 9.17) is 0 Å². The summed E-state index contributed by atoms with van der Waals surface area (Å²) in [6, 6.07) is 4.06. The lowest BCUT2D eigenvalue weighted by Crippen LogP contribution is -2.35. The SMILES string of the molecule is Cn1cc(-c2cnc3cnc(CC(=O)[C@H]4CCCNC4)cc3c2)cn1. The van der Waals surface area contributed by atoms with Crippen molar-refractivity contribution in [1.82, 2.24) is 25.1 Å². The summed E-state index contributed by atoms with van der Waals surface area (Å²) in [5, 5.41) is 8.51. The van der Waals surface area contributed by atoms with Crippen molar-refractivity contribution in [2.75, 3.05) is 13.1 Å². The van der Waals surface area contributed by atoms with E-state index in [0.29, 0.717) is 6.42 Å². The van der Waals surface area contributed by atoms with Crippen molar-refractivity contribution in [2.24, 2.45) is 13.0 Å². The molecule has 3 aromatic rings. The second kappa shape index (κ2) is 6.72. The average molecular weight is 335 g/mol. The number of hydrogen-bond donors (Lipinski definition) is 1. The third-order valence-corrected chi connectivity index (χ3v) is 4.77. The maximum Gasteiger partial charge on any atom is 0.143 e. The van der Waals surface area contributed by atoms with Gasteiger partial charge in [-0.1, -0.05) is 0 Å². The van der Waals surface area contributed by atoms with Crippen molar-refractivity contribution in [3.63, 3.8) is 0 Å². The van der Waals surface area contributed by atoms with Crippen LogP contribution in [0, 0.1) is 5.92 Å². The number of aryl methyl sites for hydroxylation is 1. The molecule has 0 spiro atoms. The highest BCUT2D eigenvalue weighted by Gasteiger charge is 2.21. The van der Waals surface area contributed by atoms with Crippen molar-refractivity contribution < 1.29 is 4.79 Å². The smallest absolute Gasteiger partial charge is 0.143 e. The lowest BCUT2D eigenvalue weighted by Gasteiger charge is -2.21. The van der Waals surface area contributed by atoms with E-state index < -0.39 is 0 Å². The fourth-order valence-corrected chi connectivity index (χ4v) is 3.35. The molecule has 1 fully saturated rings. The Morgan fingerprint density at radius 1 is 1.24 bits per heavy atom. The van der Waals surface area contributed by atoms with Crippen LogP contribution < -0.4 is 5.32 Å². The largest absolute Gasteiger partial charge is 0.316 e. The molecular formula is C19H21N5O. The molecule has 1 aliphatic heterocycles. The first-order valence-electron chi connectivity index (χ1n) is 8.66. The van der Waals surface area contributed by atoms with Gasteiger partial charge in [-0.3, -0.25) is 19.4 Å². The van der Waals surface area contributed by atoms with Gasteiger partial charge in [0.15, 0.2) is 0 Å². The predicted molar refractivity (Wildman–Crippen MR) is 96.0 cm³/mol. The Bertz CT molecular complexity index is 911. The van der Waals surface area contributed by atoms with E-state index in [1.807, 2.05) is 31.7 Å². The summed E-state index contributed by atoms with van der Waals surface area (Å²) in [5.41, 5.74) is 3.69. The molecule has 1 atom stereocenters. The van der Waals surface area contributed by atoms with Gasteiger partial charge in [-0.2, -0.15) is 5.10 Å². The second-order valence-corrected chi connectivity index (χ2v) is 6.68. The van der Waals surface area contributed by atoms with Crippen LogP contribution in [-0.4, -0.2) is 38.6 Å². The van der Waals surface area contributed by atoms with E-state index in [1.165, 1.54) is 0 Å². The van der Waals surface area contributed by atoms with Gasteiger partial charge in [0.1, 0.15) is 5.78 Å². The molecule has 25 heavy (non-hydrogen) atoms. The van der Waals surface area contributed by atoms with E-state index in [2.05, 4.69) is 26.4 Å². The van der Waals surface area contributed by atoms with Gasteiger partial charge in [-0.15, -0.1) is 0 Å². The van der Waals surface area contributed by atoms with Crippen molar-refractivity contribution >= 4 is 16.7 Å². The van der Waals surface area contributed by atoms with Gasteiger partial charge in [0.2, 0.25) is 0 Å². The van der Waals surface area contributed by atoms with E-state index in [0.717, 1.165) is 53.7 Å². The third-order valence-electron chi connectivity index (χ3n) is 4.77. The predicted octanol–water partition coefficient (Wildman–Crippen LogP) is 2.14. The van der Waals surface area contributed by atoms with Crippen LogP contribution in [0.3, 0.4) is 0 Å². The summed E-state index contributed by atoms with van der Waals surface area (Å²) in [4.78, 5) is 21.4. The minimum absolute atomic E-state index is 0.117. The number of rotatable bonds is 4. The zero-order valence-electron chi connectivity index (χ0n) is 14.3. The number of hydrogen-bond acceptors (Lipinski definition) is 5. The molecule has 128 valence electrons. The first-order chi connectivity index (χ1) is 12.2. The maximum absolute atomic E-state index is 12.5. The molecule has 0 aliphatic carbocycles. The quantitative estimate of drug-likeness (QED) is 0.791. The summed E-state index contributed by atoms with van der Waals surface area (Å²) in [6.07, 6.45) is 9.81. The molecule has 1 N–H and O–H groups in total. The van der Waals surface area contributed by atoms with Crippen molar-refractivity contribution in [3.05, 3.63) is 42.6 Å². The molecule has 4 heterocycles. The number of fused-ring (bicyclic) bond motifs is 1. The molecule has 0 saturated carbocycles. The van der Waals surface area contributed by atoms with Gasteiger partial charge >= 0.3 is 0 Å². The fraction of sp³-hybridized carbons (Fsp3) is 0.368. The summed E-state index contributed by atoms with van der Waals surface area (Å²) >= 11 is 0. The second-order valence-electron chi connectivity index (χ2n) is 6.68. The van der Waals surface area contributed by atoms with Gasteiger partial charge in [0.25, 0.3) is 0 Å². The lowest BCUT2D eigenvalue weighted by atomic mass is 9.92. The Hall–Kier alpha value is -2.60. The zero-order chi connectivity index (χ0) is 17.2. The Balaban J connectivity index is 1.59. The Morgan fingerprint density at radius 2 is 2.16 bits per heavy atom. The van der Waals surface area contributed by atoms with E-state index in [1.54, 1.807) is 10.9 Å². The van der Waals surface area contributed by atoms with E-state index in [9.17, 15) is 4.79 Å². The van der Waals surface area contributed by atoms with E-state index in [-0.39, 0.29) is 11.7 Å². The van der Waals surface area contributed by atoms with Crippen LogP contribution >= 0.6 is 0 Å². The number of nitrogens with zero attached hydrogens (tertiary/aromatic N) is 4. The van der Waals surface area contributed by atoms with Crippen LogP contribution in [0.4, 0.5) is 0 Å². The van der Waals surface area contributed by atoms with Crippen molar-refractivity contribution in [2.45, 2.75) is 19.3 Å². The molecule has 1 aliphatic rings. The van der Waals surface area contributed by atoms with Gasteiger partial charge < -0.3 is 5.32 Å². The molecule has 4 rings (SSSR count). The number of nitrogens with one attached hydrogen (secondary N) is 1. The molecule has 1 saturated heterocycles. The van der Waals surface area contributed by atoms with E-state index >= 15 is 0 Å². The van der Waals surface area contributed by atoms with Crippen molar-refractivity contribution in [1.29, 1.82) is 0 Å². The Morgan fingerprint density at radius 3 is 2.92 bits per heavy atom. The molecule has 0 amide bonds. The summed E-state index contributed by atoms with van der Waals surface area (Å²) < 4.78 is 1.77. The lowest BCUT2D eigenvalue weighted by molar-refractivity contribution is -0.122. The van der Waals surface area contributed by atoms with Crippen LogP contribution in [0.1, 0.15) is 18.5 Å². The van der Waals surface area contributed by atoms with Gasteiger partial charge in [-0.25, -0.2) is 0 Å². The first kappa shape index (κ1) is 15.9. The summed E-state index contributed by atoms with van der Waals surface area (Å²) in [7, 11) is 1.89. The Kier molecular flexibility index (Phi) is 4.28. The van der Waals surface area contributed by atoms with Gasteiger partial charge in [-0.05, 0) is 31.5 Å². The highest BCUT2D eigenvalue weighted by Crippen LogP contribution is 2.23. The molecule has 0 bridgehead atoms. The van der Waals surface area contributed by atoms with Crippen LogP contribution in [-0.2, 0) is 18.3 Å². The minimum Gasteiger partial charge on any atom is -0.316 e. The van der Waals surface area contributed by atoms with Crippen molar-refractivity contribution in [3.8, 4) is 11.1 Å². The number of ketones is 1. The fourth-order valence-electron chi connectivity index (χ4n) is 3.35. The highest BCUT2D eigenvalue weighted by atomic mass is 16.1. The third kappa shape index (κ3) is 3.44. The molecular weight excluding hydrogens is 314 g/mol. The molecule has 6 nitrogen and oxygen atoms in total. The monoisotopic (exact) mass is 335 g/mol. The summed E-state index contributed by atoms with van der Waals surface area (Å²) in [5.74, 6) is 0.390. The zero-order valence-corrected chi connectivity index (χ0v) is 14.3. The van der Waals surface area contributed by atoms with Crippen LogP contribution in [0.15, 0.2) is 36.9 Å². The molecule has 6 heteroatoms. The minimum atomic E-state index is 0.117. The number of aromatic nitrogens is 4. The normalized spacial score (nSPS) is 17.7. The number of carbonyl (C=O) groups excluding carboxylic acids is 1. The Labute approximate surface area is 146 Å². The standard InChI is InChI=1S/C19H21N5O/c1-24-12-16(10-23-24)15-5-14-6-17(21-11-18(14)22-9-15)7-19(25)13-3-2-4-20-8-13/h5-6,9-13,20H,2-4,7-8H2,1H3/t13-/m0/s1. The number of Topliss-reactive ketones (excluding diaryl/α,β-unsaturated/α-hetero) is 1. The van der Waals surface area contributed by atoms with Crippen LogP contribution in [0.25, 0.3) is 22.0 Å². The van der Waals surface area contributed by atoms with Crippen LogP contribution in [0.2, 0.25) is 0 Å². The topological polar surface area (TPSA) is 72.7 Å². The summed E-state index contributed by atoms with van der Waals surface area (Å²) in [6.45, 7) is 1.81. The van der Waals surface area contributed by atoms with Crippen LogP contribution in [0.5, 0.6) is 0 Å². The molecule has 0 radical (unpaired) electrons. The van der Waals surface area contributed by atoms with Gasteiger partial charge in [0, 0.05) is 60.5 Å². The highest BCUT2D eigenvalue weighted by molar-refractivity contribution is 5.86. The number of pyridine rings is 2. The number of piperidine rings is 1. The average Bonchev–Trinajstić information content (AvgIpc) is 3.08. The molecule has 0 aromatic carbocycles. The first-order valence-corrected chi connectivity index (χ1v) is 8.66.